The summed E-state index contributed by atoms with van der Waals surface area (Å²) in [5.41, 5.74) is 0.766. The van der Waals surface area contributed by atoms with Crippen molar-refractivity contribution in [2.75, 3.05) is 7.11 Å². The number of hydrogen-bond acceptors (Lipinski definition) is 4. The molecule has 1 aromatic heterocycles. The maximum absolute atomic E-state index is 13.6. The molecule has 0 radical (unpaired) electrons. The molecule has 0 spiro atoms. The van der Waals surface area contributed by atoms with Gasteiger partial charge in [0.25, 0.3) is 0 Å². The zero-order valence-corrected chi connectivity index (χ0v) is 12.4. The van der Waals surface area contributed by atoms with E-state index in [1.54, 1.807) is 31.5 Å². The highest BCUT2D eigenvalue weighted by Crippen LogP contribution is 2.22. The zero-order chi connectivity index (χ0) is 15.5. The Bertz CT molecular complexity index is 720. The standard InChI is InChI=1S/C14H15FN2O3S/c1-10(11-5-7-16-8-6-11)17-21(18,19)12-3-4-14(20-2)13(15)9-12/h3-10,17H,1-2H3. The van der Waals surface area contributed by atoms with E-state index in [4.69, 9.17) is 4.74 Å². The van der Waals surface area contributed by atoms with Gasteiger partial charge in [0.15, 0.2) is 11.6 Å². The number of pyridine rings is 1. The van der Waals surface area contributed by atoms with Crippen LogP contribution < -0.4 is 9.46 Å². The number of aromatic nitrogens is 1. The predicted octanol–water partition coefficient (Wildman–Crippen LogP) is 2.27. The molecule has 7 heteroatoms. The molecular formula is C14H15FN2O3S. The van der Waals surface area contributed by atoms with Gasteiger partial charge in [-0.15, -0.1) is 0 Å². The molecule has 112 valence electrons. The first-order valence-corrected chi connectivity index (χ1v) is 7.68. The Hall–Kier alpha value is -1.99. The summed E-state index contributed by atoms with van der Waals surface area (Å²) in [7, 11) is -2.51. The SMILES string of the molecule is COc1ccc(S(=O)(=O)NC(C)c2ccncc2)cc1F. The molecule has 21 heavy (non-hydrogen) atoms. The molecule has 0 saturated heterocycles. The average Bonchev–Trinajstić information content (AvgIpc) is 2.47. The van der Waals surface area contributed by atoms with E-state index in [-0.39, 0.29) is 10.6 Å². The van der Waals surface area contributed by atoms with Gasteiger partial charge in [-0.1, -0.05) is 0 Å². The molecule has 5 nitrogen and oxygen atoms in total. The van der Waals surface area contributed by atoms with Gasteiger partial charge in [0.1, 0.15) is 0 Å². The molecule has 0 saturated carbocycles. The molecule has 0 aliphatic rings. The van der Waals surface area contributed by atoms with Gasteiger partial charge in [0.05, 0.1) is 12.0 Å². The van der Waals surface area contributed by atoms with Crippen molar-refractivity contribution in [2.45, 2.75) is 17.9 Å². The summed E-state index contributed by atoms with van der Waals surface area (Å²) < 4.78 is 45.3. The lowest BCUT2D eigenvalue weighted by Gasteiger charge is -2.14. The quantitative estimate of drug-likeness (QED) is 0.920. The van der Waals surface area contributed by atoms with E-state index in [1.807, 2.05) is 0 Å². The van der Waals surface area contributed by atoms with Gasteiger partial charge in [-0.3, -0.25) is 4.98 Å². The number of nitrogens with one attached hydrogen (secondary N) is 1. The largest absolute Gasteiger partial charge is 0.494 e. The molecule has 0 amide bonds. The number of halogens is 1. The first-order valence-electron chi connectivity index (χ1n) is 6.20. The summed E-state index contributed by atoms with van der Waals surface area (Å²) in [5, 5.41) is 0. The van der Waals surface area contributed by atoms with E-state index < -0.39 is 21.9 Å². The number of sulfonamides is 1. The van der Waals surface area contributed by atoms with Crippen LogP contribution in [0.5, 0.6) is 5.75 Å². The van der Waals surface area contributed by atoms with Gasteiger partial charge in [0, 0.05) is 18.4 Å². The third kappa shape index (κ3) is 3.56. The Kier molecular flexibility index (Phi) is 4.54. The van der Waals surface area contributed by atoms with E-state index in [2.05, 4.69) is 9.71 Å². The smallest absolute Gasteiger partial charge is 0.241 e. The lowest BCUT2D eigenvalue weighted by Crippen LogP contribution is -2.27. The minimum absolute atomic E-state index is 0.00358. The molecule has 0 fully saturated rings. The second-order valence-electron chi connectivity index (χ2n) is 4.42. The molecule has 1 N–H and O–H groups in total. The van der Waals surface area contributed by atoms with E-state index in [1.165, 1.54) is 19.2 Å². The summed E-state index contributed by atoms with van der Waals surface area (Å²) in [5.74, 6) is -0.729. The molecule has 0 bridgehead atoms. The Morgan fingerprint density at radius 1 is 1.24 bits per heavy atom. The third-order valence-electron chi connectivity index (χ3n) is 2.97. The number of methoxy groups -OCH3 is 1. The lowest BCUT2D eigenvalue weighted by molar-refractivity contribution is 0.385. The molecule has 0 aliphatic heterocycles. The molecule has 1 unspecified atom stereocenters. The van der Waals surface area contributed by atoms with Crippen molar-refractivity contribution in [3.8, 4) is 5.75 Å². The maximum Gasteiger partial charge on any atom is 0.241 e. The van der Waals surface area contributed by atoms with Crippen molar-refractivity contribution in [1.29, 1.82) is 0 Å². The van der Waals surface area contributed by atoms with Gasteiger partial charge in [-0.25, -0.2) is 17.5 Å². The Labute approximate surface area is 122 Å². The molecule has 1 heterocycles. The fourth-order valence-electron chi connectivity index (χ4n) is 1.84. The van der Waals surface area contributed by atoms with E-state index in [0.29, 0.717) is 0 Å². The monoisotopic (exact) mass is 310 g/mol. The molecule has 1 aromatic carbocycles. The van der Waals surface area contributed by atoms with Crippen LogP contribution in [0.1, 0.15) is 18.5 Å². The molecule has 2 rings (SSSR count). The van der Waals surface area contributed by atoms with Gasteiger partial charge >= 0.3 is 0 Å². The minimum atomic E-state index is -3.82. The number of rotatable bonds is 5. The Morgan fingerprint density at radius 2 is 1.90 bits per heavy atom. The fraction of sp³-hybridized carbons (Fsp3) is 0.214. The highest BCUT2D eigenvalue weighted by atomic mass is 32.2. The van der Waals surface area contributed by atoms with Crippen LogP contribution in [0.3, 0.4) is 0 Å². The van der Waals surface area contributed by atoms with Crippen LogP contribution >= 0.6 is 0 Å². The summed E-state index contributed by atoms with van der Waals surface area (Å²) in [6, 6.07) is 6.47. The second-order valence-corrected chi connectivity index (χ2v) is 6.13. The van der Waals surface area contributed by atoms with Crippen LogP contribution in [-0.2, 0) is 10.0 Å². The zero-order valence-electron chi connectivity index (χ0n) is 11.6. The normalized spacial score (nSPS) is 12.9. The molecule has 2 aromatic rings. The van der Waals surface area contributed by atoms with E-state index in [0.717, 1.165) is 11.6 Å². The first kappa shape index (κ1) is 15.4. The minimum Gasteiger partial charge on any atom is -0.494 e. The van der Waals surface area contributed by atoms with E-state index in [9.17, 15) is 12.8 Å². The second kappa shape index (κ2) is 6.19. The molecule has 0 aliphatic carbocycles. The maximum atomic E-state index is 13.6. The van der Waals surface area contributed by atoms with Gasteiger partial charge in [0.2, 0.25) is 10.0 Å². The van der Waals surface area contributed by atoms with Crippen molar-refractivity contribution < 1.29 is 17.5 Å². The number of nitrogens with zero attached hydrogens (tertiary/aromatic N) is 1. The summed E-state index contributed by atoms with van der Waals surface area (Å²) in [6.45, 7) is 1.70. The number of ether oxygens (including phenoxy) is 1. The van der Waals surface area contributed by atoms with Crippen LogP contribution in [0.15, 0.2) is 47.6 Å². The van der Waals surface area contributed by atoms with Crippen LogP contribution in [0.4, 0.5) is 4.39 Å². The highest BCUT2D eigenvalue weighted by molar-refractivity contribution is 7.89. The number of hydrogen-bond donors (Lipinski definition) is 1. The molecule has 1 atom stereocenters. The van der Waals surface area contributed by atoms with Crippen molar-refractivity contribution in [2.24, 2.45) is 0 Å². The van der Waals surface area contributed by atoms with Gasteiger partial charge < -0.3 is 4.74 Å². The highest BCUT2D eigenvalue weighted by Gasteiger charge is 2.20. The van der Waals surface area contributed by atoms with Gasteiger partial charge in [-0.05, 0) is 42.8 Å². The topological polar surface area (TPSA) is 68.3 Å². The van der Waals surface area contributed by atoms with Crippen molar-refractivity contribution >= 4 is 10.0 Å². The van der Waals surface area contributed by atoms with Crippen LogP contribution in [0, 0.1) is 5.82 Å². The van der Waals surface area contributed by atoms with Crippen molar-refractivity contribution in [1.82, 2.24) is 9.71 Å². The van der Waals surface area contributed by atoms with Gasteiger partial charge in [-0.2, -0.15) is 0 Å². The number of benzene rings is 1. The summed E-state index contributed by atoms with van der Waals surface area (Å²) in [4.78, 5) is 3.72. The van der Waals surface area contributed by atoms with Crippen molar-refractivity contribution in [3.05, 3.63) is 54.1 Å². The third-order valence-corrected chi connectivity index (χ3v) is 4.51. The molecular weight excluding hydrogens is 295 g/mol. The predicted molar refractivity (Wildman–Crippen MR) is 75.9 cm³/mol. The lowest BCUT2D eigenvalue weighted by atomic mass is 10.1. The van der Waals surface area contributed by atoms with Crippen molar-refractivity contribution in [3.63, 3.8) is 0 Å². The Morgan fingerprint density at radius 3 is 2.48 bits per heavy atom. The van der Waals surface area contributed by atoms with Crippen LogP contribution in [0.25, 0.3) is 0 Å². The summed E-state index contributed by atoms with van der Waals surface area (Å²) in [6.07, 6.45) is 3.15. The van der Waals surface area contributed by atoms with Crippen LogP contribution in [0.2, 0.25) is 0 Å². The van der Waals surface area contributed by atoms with E-state index >= 15 is 0 Å². The Balaban J connectivity index is 2.24. The summed E-state index contributed by atoms with van der Waals surface area (Å²) >= 11 is 0. The van der Waals surface area contributed by atoms with Crippen LogP contribution in [-0.4, -0.2) is 20.5 Å². The first-order chi connectivity index (χ1) is 9.94. The average molecular weight is 310 g/mol. The fourth-order valence-corrected chi connectivity index (χ4v) is 3.08.